The highest BCUT2D eigenvalue weighted by Crippen LogP contribution is 2.24. The molecule has 4 rings (SSSR count). The minimum Gasteiger partial charge on any atom is -0.438 e. The smallest absolute Gasteiger partial charge is 0.261 e. The lowest BCUT2D eigenvalue weighted by Crippen LogP contribution is -2.46. The lowest BCUT2D eigenvalue weighted by Gasteiger charge is -2.31. The summed E-state index contributed by atoms with van der Waals surface area (Å²) in [5, 5.41) is 2.77. The van der Waals surface area contributed by atoms with Gasteiger partial charge in [0.15, 0.2) is 0 Å². The molecule has 9 heteroatoms. The highest BCUT2D eigenvalue weighted by Gasteiger charge is 2.27. The third-order valence-corrected chi connectivity index (χ3v) is 7.10. The van der Waals surface area contributed by atoms with Crippen LogP contribution in [0.3, 0.4) is 0 Å². The largest absolute Gasteiger partial charge is 0.438 e. The van der Waals surface area contributed by atoms with Crippen LogP contribution in [-0.2, 0) is 10.0 Å². The summed E-state index contributed by atoms with van der Waals surface area (Å²) in [7, 11) is -1.59. The van der Waals surface area contributed by atoms with Crippen molar-refractivity contribution < 1.29 is 17.9 Å². The molecule has 0 atom stereocenters. The third-order valence-electron chi connectivity index (χ3n) is 5.19. The van der Waals surface area contributed by atoms with E-state index < -0.39 is 15.9 Å². The molecule has 166 valence electrons. The zero-order chi connectivity index (χ0) is 22.6. The normalized spacial score (nSPS) is 15.3. The number of sulfonamides is 1. The lowest BCUT2D eigenvalue weighted by molar-refractivity contribution is 0.102. The number of benzene rings is 2. The number of para-hydroxylation sites is 1. The van der Waals surface area contributed by atoms with Crippen LogP contribution in [0.1, 0.15) is 10.4 Å². The van der Waals surface area contributed by atoms with Crippen molar-refractivity contribution in [2.75, 3.05) is 38.5 Å². The molecule has 1 aliphatic rings. The van der Waals surface area contributed by atoms with E-state index in [1.54, 1.807) is 42.6 Å². The van der Waals surface area contributed by atoms with Gasteiger partial charge in [-0.15, -0.1) is 0 Å². The summed E-state index contributed by atoms with van der Waals surface area (Å²) in [4.78, 5) is 19.3. The van der Waals surface area contributed by atoms with Crippen molar-refractivity contribution >= 4 is 21.6 Å². The van der Waals surface area contributed by atoms with Gasteiger partial charge in [-0.1, -0.05) is 18.2 Å². The van der Waals surface area contributed by atoms with E-state index in [1.165, 1.54) is 16.4 Å². The average Bonchev–Trinajstić information content (AvgIpc) is 2.81. The summed E-state index contributed by atoms with van der Waals surface area (Å²) in [5.74, 6) is 0.350. The standard InChI is InChI=1S/C23H24N4O4S/c1-26-14-16-27(17-15-26)32(29,30)20-11-9-18(10-12-20)25-22(28)21-8-5-13-24-23(21)31-19-6-3-2-4-7-19/h2-13H,14-17H2,1H3,(H,25,28). The molecular formula is C23H24N4O4S. The van der Waals surface area contributed by atoms with Gasteiger partial charge in [0.2, 0.25) is 15.9 Å². The van der Waals surface area contributed by atoms with E-state index in [1.807, 2.05) is 25.2 Å². The van der Waals surface area contributed by atoms with Crippen LogP contribution in [-0.4, -0.2) is 61.7 Å². The van der Waals surface area contributed by atoms with Crippen LogP contribution in [0.4, 0.5) is 5.69 Å². The van der Waals surface area contributed by atoms with Gasteiger partial charge >= 0.3 is 0 Å². The Hall–Kier alpha value is -3.27. The second-order valence-electron chi connectivity index (χ2n) is 7.46. The SMILES string of the molecule is CN1CCN(S(=O)(=O)c2ccc(NC(=O)c3cccnc3Oc3ccccc3)cc2)CC1. The van der Waals surface area contributed by atoms with Gasteiger partial charge in [0, 0.05) is 38.1 Å². The number of aromatic nitrogens is 1. The van der Waals surface area contributed by atoms with E-state index in [4.69, 9.17) is 4.74 Å². The molecule has 3 aromatic rings. The first kappa shape index (κ1) is 21.9. The van der Waals surface area contributed by atoms with Gasteiger partial charge < -0.3 is 15.0 Å². The average molecular weight is 453 g/mol. The van der Waals surface area contributed by atoms with Gasteiger partial charge in [-0.3, -0.25) is 4.79 Å². The predicted octanol–water partition coefficient (Wildman–Crippen LogP) is 3.06. The second kappa shape index (κ2) is 9.47. The van der Waals surface area contributed by atoms with Gasteiger partial charge in [-0.2, -0.15) is 4.31 Å². The maximum Gasteiger partial charge on any atom is 0.261 e. The number of likely N-dealkylation sites (N-methyl/N-ethyl adjacent to an activating group) is 1. The summed E-state index contributed by atoms with van der Waals surface area (Å²) >= 11 is 0. The Labute approximate surface area is 187 Å². The van der Waals surface area contributed by atoms with E-state index in [9.17, 15) is 13.2 Å². The highest BCUT2D eigenvalue weighted by atomic mass is 32.2. The molecule has 1 aromatic heterocycles. The van der Waals surface area contributed by atoms with Crippen molar-refractivity contribution in [2.45, 2.75) is 4.90 Å². The summed E-state index contributed by atoms with van der Waals surface area (Å²) < 4.78 is 33.0. The van der Waals surface area contributed by atoms with Crippen molar-refractivity contribution in [3.8, 4) is 11.6 Å². The van der Waals surface area contributed by atoms with E-state index >= 15 is 0 Å². The van der Waals surface area contributed by atoms with Crippen molar-refractivity contribution in [1.82, 2.24) is 14.2 Å². The van der Waals surface area contributed by atoms with Crippen molar-refractivity contribution in [1.29, 1.82) is 0 Å². The number of nitrogens with zero attached hydrogens (tertiary/aromatic N) is 3. The van der Waals surface area contributed by atoms with Crippen LogP contribution < -0.4 is 10.1 Å². The Morgan fingerprint density at radius 1 is 0.938 bits per heavy atom. The maximum absolute atomic E-state index is 12.9. The number of ether oxygens (including phenoxy) is 1. The molecule has 1 saturated heterocycles. The fourth-order valence-corrected chi connectivity index (χ4v) is 4.75. The summed E-state index contributed by atoms with van der Waals surface area (Å²) in [6, 6.07) is 18.5. The first-order chi connectivity index (χ1) is 15.4. The van der Waals surface area contributed by atoms with Gasteiger partial charge in [-0.05, 0) is 55.6 Å². The van der Waals surface area contributed by atoms with Crippen LogP contribution in [0, 0.1) is 0 Å². The molecule has 0 aliphatic carbocycles. The molecular weight excluding hydrogens is 428 g/mol. The Bertz CT molecular complexity index is 1180. The number of piperazine rings is 1. The molecule has 0 bridgehead atoms. The summed E-state index contributed by atoms with van der Waals surface area (Å²) in [6.07, 6.45) is 1.55. The number of amides is 1. The number of hydrogen-bond acceptors (Lipinski definition) is 6. The number of nitrogens with one attached hydrogen (secondary N) is 1. The number of carbonyl (C=O) groups excluding carboxylic acids is 1. The maximum atomic E-state index is 12.9. The van der Waals surface area contributed by atoms with Gasteiger partial charge in [-0.25, -0.2) is 13.4 Å². The fourth-order valence-electron chi connectivity index (χ4n) is 3.33. The summed E-state index contributed by atoms with van der Waals surface area (Å²) in [6.45, 7) is 2.32. The molecule has 0 unspecified atom stereocenters. The Balaban J connectivity index is 1.47. The zero-order valence-electron chi connectivity index (χ0n) is 17.6. The van der Waals surface area contributed by atoms with Crippen molar-refractivity contribution in [2.24, 2.45) is 0 Å². The number of pyridine rings is 1. The van der Waals surface area contributed by atoms with Gasteiger partial charge in [0.25, 0.3) is 5.91 Å². The minimum absolute atomic E-state index is 0.186. The Morgan fingerprint density at radius 3 is 2.31 bits per heavy atom. The molecule has 2 heterocycles. The Kier molecular flexibility index (Phi) is 6.50. The van der Waals surface area contributed by atoms with Crippen LogP contribution in [0.25, 0.3) is 0 Å². The zero-order valence-corrected chi connectivity index (χ0v) is 18.5. The van der Waals surface area contributed by atoms with Crippen LogP contribution in [0.15, 0.2) is 77.8 Å². The molecule has 8 nitrogen and oxygen atoms in total. The molecule has 1 aliphatic heterocycles. The highest BCUT2D eigenvalue weighted by molar-refractivity contribution is 7.89. The monoisotopic (exact) mass is 452 g/mol. The van der Waals surface area contributed by atoms with E-state index in [2.05, 4.69) is 15.2 Å². The molecule has 0 saturated carbocycles. The molecule has 0 radical (unpaired) electrons. The number of carbonyl (C=O) groups is 1. The number of anilines is 1. The summed E-state index contributed by atoms with van der Waals surface area (Å²) in [5.41, 5.74) is 0.743. The fraction of sp³-hybridized carbons (Fsp3) is 0.217. The molecule has 1 N–H and O–H groups in total. The lowest BCUT2D eigenvalue weighted by atomic mass is 10.2. The topological polar surface area (TPSA) is 91.8 Å². The van der Waals surface area contributed by atoms with E-state index in [-0.39, 0.29) is 16.3 Å². The third kappa shape index (κ3) is 4.96. The number of hydrogen-bond donors (Lipinski definition) is 1. The molecule has 2 aromatic carbocycles. The molecule has 1 amide bonds. The van der Waals surface area contributed by atoms with E-state index in [0.717, 1.165) is 0 Å². The molecule has 0 spiro atoms. The second-order valence-corrected chi connectivity index (χ2v) is 9.40. The van der Waals surface area contributed by atoms with Crippen LogP contribution in [0.5, 0.6) is 11.6 Å². The first-order valence-electron chi connectivity index (χ1n) is 10.2. The quantitative estimate of drug-likeness (QED) is 0.618. The van der Waals surface area contributed by atoms with Crippen LogP contribution in [0.2, 0.25) is 0 Å². The van der Waals surface area contributed by atoms with Crippen LogP contribution >= 0.6 is 0 Å². The van der Waals surface area contributed by atoms with Gasteiger partial charge in [0.1, 0.15) is 11.3 Å². The molecule has 32 heavy (non-hydrogen) atoms. The van der Waals surface area contributed by atoms with Gasteiger partial charge in [0.05, 0.1) is 4.90 Å². The first-order valence-corrected chi connectivity index (χ1v) is 11.7. The molecule has 1 fully saturated rings. The van der Waals surface area contributed by atoms with E-state index in [0.29, 0.717) is 37.6 Å². The predicted molar refractivity (Wildman–Crippen MR) is 121 cm³/mol. The Morgan fingerprint density at radius 2 is 1.62 bits per heavy atom. The van der Waals surface area contributed by atoms with Crippen molar-refractivity contribution in [3.63, 3.8) is 0 Å². The van der Waals surface area contributed by atoms with Crippen molar-refractivity contribution in [3.05, 3.63) is 78.5 Å². The minimum atomic E-state index is -3.56. The number of rotatable bonds is 6.